The van der Waals surface area contributed by atoms with E-state index in [-0.39, 0.29) is 0 Å². The molecule has 0 radical (unpaired) electrons. The predicted octanol–water partition coefficient (Wildman–Crippen LogP) is 8.11. The molecule has 1 aromatic heterocycles. The standard InChI is InChI=1S/C30H27N/c1-3-6-27-21-28(10-9-22(27)2)25-13-11-23(12-14-25)24-15-17-29(18-16-24)31-20-19-26-7-4-5-8-30(26)31/h3,5-6,8-21H,4,7H2,1-2H3/b6-3-. The van der Waals surface area contributed by atoms with Crippen molar-refractivity contribution in [2.24, 2.45) is 0 Å². The van der Waals surface area contributed by atoms with Crippen LogP contribution in [0.4, 0.5) is 0 Å². The molecule has 152 valence electrons. The highest BCUT2D eigenvalue weighted by Gasteiger charge is 2.11. The molecule has 4 aromatic rings. The topological polar surface area (TPSA) is 4.93 Å². The lowest BCUT2D eigenvalue weighted by molar-refractivity contribution is 0.958. The molecule has 31 heavy (non-hydrogen) atoms. The van der Waals surface area contributed by atoms with E-state index < -0.39 is 0 Å². The molecule has 1 nitrogen and oxygen atoms in total. The Morgan fingerprint density at radius 3 is 2.13 bits per heavy atom. The lowest BCUT2D eigenvalue weighted by atomic mass is 9.97. The van der Waals surface area contributed by atoms with Crippen molar-refractivity contribution < 1.29 is 0 Å². The molecule has 0 bridgehead atoms. The van der Waals surface area contributed by atoms with Gasteiger partial charge in [0.2, 0.25) is 0 Å². The van der Waals surface area contributed by atoms with E-state index in [2.05, 4.69) is 122 Å². The SMILES string of the molecule is C/C=C\c1cc(-c2ccc(-c3ccc(-n4ccc5c4C=CCC5)cc3)cc2)ccc1C. The highest BCUT2D eigenvalue weighted by Crippen LogP contribution is 2.29. The quantitative estimate of drug-likeness (QED) is 0.325. The van der Waals surface area contributed by atoms with Crippen LogP contribution < -0.4 is 0 Å². The first kappa shape index (κ1) is 19.4. The van der Waals surface area contributed by atoms with Gasteiger partial charge in [-0.25, -0.2) is 0 Å². The highest BCUT2D eigenvalue weighted by atomic mass is 15.0. The summed E-state index contributed by atoms with van der Waals surface area (Å²) in [4.78, 5) is 0. The zero-order chi connectivity index (χ0) is 21.2. The Labute approximate surface area is 185 Å². The number of benzene rings is 3. The summed E-state index contributed by atoms with van der Waals surface area (Å²) < 4.78 is 2.29. The molecule has 1 aliphatic rings. The van der Waals surface area contributed by atoms with Crippen LogP contribution in [0.3, 0.4) is 0 Å². The number of fused-ring (bicyclic) bond motifs is 1. The Balaban J connectivity index is 1.40. The summed E-state index contributed by atoms with van der Waals surface area (Å²) in [5.41, 5.74) is 11.5. The zero-order valence-electron chi connectivity index (χ0n) is 18.2. The van der Waals surface area contributed by atoms with Crippen LogP contribution in [-0.2, 0) is 6.42 Å². The molecule has 0 saturated carbocycles. The van der Waals surface area contributed by atoms with Gasteiger partial charge in [0.15, 0.2) is 0 Å². The highest BCUT2D eigenvalue weighted by molar-refractivity contribution is 5.73. The monoisotopic (exact) mass is 401 g/mol. The van der Waals surface area contributed by atoms with Crippen LogP contribution in [0.1, 0.15) is 35.7 Å². The molecule has 0 N–H and O–H groups in total. The molecule has 0 fully saturated rings. The number of aromatic nitrogens is 1. The van der Waals surface area contributed by atoms with Gasteiger partial charge in [-0.2, -0.15) is 0 Å². The average Bonchev–Trinajstić information content (AvgIpc) is 3.25. The van der Waals surface area contributed by atoms with E-state index >= 15 is 0 Å². The minimum Gasteiger partial charge on any atom is -0.317 e. The van der Waals surface area contributed by atoms with Gasteiger partial charge >= 0.3 is 0 Å². The van der Waals surface area contributed by atoms with Gasteiger partial charge in [0.1, 0.15) is 0 Å². The fourth-order valence-electron chi connectivity index (χ4n) is 4.39. The molecule has 1 heterocycles. The molecule has 0 amide bonds. The molecule has 0 aliphatic heterocycles. The van der Waals surface area contributed by atoms with Crippen LogP contribution in [0.2, 0.25) is 0 Å². The van der Waals surface area contributed by atoms with Gasteiger partial charge in [0.05, 0.1) is 0 Å². The number of nitrogens with zero attached hydrogens (tertiary/aromatic N) is 1. The Kier molecular flexibility index (Phi) is 5.18. The first-order valence-electron chi connectivity index (χ1n) is 11.0. The number of hydrogen-bond acceptors (Lipinski definition) is 0. The van der Waals surface area contributed by atoms with E-state index in [4.69, 9.17) is 0 Å². The van der Waals surface area contributed by atoms with Crippen LogP contribution in [0, 0.1) is 6.92 Å². The van der Waals surface area contributed by atoms with Gasteiger partial charge in [-0.3, -0.25) is 0 Å². The fraction of sp³-hybridized carbons (Fsp3) is 0.133. The molecule has 3 aromatic carbocycles. The number of aryl methyl sites for hydroxylation is 2. The minimum absolute atomic E-state index is 1.14. The van der Waals surface area contributed by atoms with Crippen LogP contribution in [0.25, 0.3) is 40.1 Å². The third-order valence-electron chi connectivity index (χ3n) is 6.19. The maximum absolute atomic E-state index is 2.29. The molecule has 0 saturated heterocycles. The van der Waals surface area contributed by atoms with Crippen molar-refractivity contribution in [1.29, 1.82) is 0 Å². The Bertz CT molecular complexity index is 1270. The number of hydrogen-bond donors (Lipinski definition) is 0. The maximum Gasteiger partial charge on any atom is 0.0484 e. The largest absolute Gasteiger partial charge is 0.317 e. The van der Waals surface area contributed by atoms with E-state index in [1.807, 2.05) is 0 Å². The molecule has 1 heteroatoms. The second-order valence-corrected chi connectivity index (χ2v) is 8.23. The molecular formula is C30H27N. The van der Waals surface area contributed by atoms with E-state index in [1.54, 1.807) is 0 Å². The Morgan fingerprint density at radius 1 is 0.774 bits per heavy atom. The van der Waals surface area contributed by atoms with E-state index in [9.17, 15) is 0 Å². The smallest absolute Gasteiger partial charge is 0.0484 e. The predicted molar refractivity (Wildman–Crippen MR) is 133 cm³/mol. The summed E-state index contributed by atoms with van der Waals surface area (Å²) in [5.74, 6) is 0. The van der Waals surface area contributed by atoms with E-state index in [1.165, 1.54) is 50.3 Å². The summed E-state index contributed by atoms with van der Waals surface area (Å²) >= 11 is 0. The van der Waals surface area contributed by atoms with Crippen molar-refractivity contribution in [3.8, 4) is 27.9 Å². The molecule has 0 atom stereocenters. The summed E-state index contributed by atoms with van der Waals surface area (Å²) in [6, 6.07) is 26.7. The van der Waals surface area contributed by atoms with Gasteiger partial charge in [-0.15, -0.1) is 0 Å². The van der Waals surface area contributed by atoms with Gasteiger partial charge in [0, 0.05) is 17.6 Å². The van der Waals surface area contributed by atoms with Crippen molar-refractivity contribution in [1.82, 2.24) is 4.57 Å². The molecule has 1 aliphatic carbocycles. The Hall–Kier alpha value is -3.58. The third kappa shape index (κ3) is 3.80. The zero-order valence-corrected chi connectivity index (χ0v) is 18.2. The maximum atomic E-state index is 2.29. The number of allylic oxidation sites excluding steroid dienone is 2. The van der Waals surface area contributed by atoms with Gasteiger partial charge in [-0.05, 0) is 96.0 Å². The third-order valence-corrected chi connectivity index (χ3v) is 6.19. The van der Waals surface area contributed by atoms with Gasteiger partial charge in [0.25, 0.3) is 0 Å². The summed E-state index contributed by atoms with van der Waals surface area (Å²) in [7, 11) is 0. The van der Waals surface area contributed by atoms with E-state index in [0.29, 0.717) is 0 Å². The van der Waals surface area contributed by atoms with E-state index in [0.717, 1.165) is 12.8 Å². The molecule has 5 rings (SSSR count). The van der Waals surface area contributed by atoms with Crippen LogP contribution >= 0.6 is 0 Å². The van der Waals surface area contributed by atoms with Crippen molar-refractivity contribution in [3.05, 3.63) is 114 Å². The average molecular weight is 402 g/mol. The van der Waals surface area contributed by atoms with Gasteiger partial charge < -0.3 is 4.57 Å². The molecule has 0 spiro atoms. The van der Waals surface area contributed by atoms with Crippen molar-refractivity contribution in [3.63, 3.8) is 0 Å². The number of rotatable bonds is 4. The minimum atomic E-state index is 1.14. The van der Waals surface area contributed by atoms with Crippen molar-refractivity contribution in [2.75, 3.05) is 0 Å². The van der Waals surface area contributed by atoms with Crippen LogP contribution in [0.15, 0.2) is 91.1 Å². The van der Waals surface area contributed by atoms with Crippen LogP contribution in [-0.4, -0.2) is 4.57 Å². The van der Waals surface area contributed by atoms with Crippen molar-refractivity contribution in [2.45, 2.75) is 26.7 Å². The second kappa shape index (κ2) is 8.28. The lowest BCUT2D eigenvalue weighted by Gasteiger charge is -2.12. The Morgan fingerprint density at radius 2 is 1.42 bits per heavy atom. The fourth-order valence-corrected chi connectivity index (χ4v) is 4.39. The first-order valence-corrected chi connectivity index (χ1v) is 11.0. The lowest BCUT2D eigenvalue weighted by Crippen LogP contribution is -1.99. The molecule has 0 unspecified atom stereocenters. The summed E-state index contributed by atoms with van der Waals surface area (Å²) in [6.45, 7) is 4.22. The van der Waals surface area contributed by atoms with Gasteiger partial charge in [-0.1, -0.05) is 66.8 Å². The first-order chi connectivity index (χ1) is 15.2. The summed E-state index contributed by atoms with van der Waals surface area (Å²) in [5, 5.41) is 0. The molecular weight excluding hydrogens is 374 g/mol. The van der Waals surface area contributed by atoms with Crippen molar-refractivity contribution >= 4 is 12.2 Å². The van der Waals surface area contributed by atoms with Crippen LogP contribution in [0.5, 0.6) is 0 Å². The summed E-state index contributed by atoms with van der Waals surface area (Å²) in [6.07, 6.45) is 13.3. The normalized spacial score (nSPS) is 13.0. The second-order valence-electron chi connectivity index (χ2n) is 8.23.